The lowest BCUT2D eigenvalue weighted by atomic mass is 10.3. The van der Waals surface area contributed by atoms with E-state index < -0.39 is 0 Å². The fourth-order valence-corrected chi connectivity index (χ4v) is 1.51. The van der Waals surface area contributed by atoms with Crippen LogP contribution in [0.25, 0.3) is 0 Å². The van der Waals surface area contributed by atoms with Gasteiger partial charge < -0.3 is 9.47 Å². The first-order valence-electron chi connectivity index (χ1n) is 3.67. The average Bonchev–Trinajstić information content (AvgIpc) is 2.47. The highest BCUT2D eigenvalue weighted by Gasteiger charge is 2.23. The van der Waals surface area contributed by atoms with E-state index in [1.165, 1.54) is 11.3 Å². The second-order valence-electron chi connectivity index (χ2n) is 2.58. The third-order valence-corrected chi connectivity index (χ3v) is 2.32. The minimum atomic E-state index is -0.246. The van der Waals surface area contributed by atoms with Crippen LogP contribution in [-0.4, -0.2) is 25.3 Å². The summed E-state index contributed by atoms with van der Waals surface area (Å²) in [5, 5.41) is 3.63. The Balaban J connectivity index is 1.92. The molecule has 0 radical (unpaired) electrons. The number of esters is 1. The van der Waals surface area contributed by atoms with Crippen LogP contribution in [0.15, 0.2) is 16.8 Å². The molecule has 1 saturated heterocycles. The molecule has 0 bridgehead atoms. The molecule has 64 valence electrons. The maximum Gasteiger partial charge on any atom is 0.339 e. The van der Waals surface area contributed by atoms with Crippen molar-refractivity contribution in [2.24, 2.45) is 0 Å². The maximum absolute atomic E-state index is 11.2. The van der Waals surface area contributed by atoms with Crippen molar-refractivity contribution >= 4 is 17.3 Å². The molecule has 1 aliphatic heterocycles. The van der Waals surface area contributed by atoms with Crippen molar-refractivity contribution in [2.75, 3.05) is 13.2 Å². The zero-order valence-corrected chi connectivity index (χ0v) is 7.17. The molecule has 4 heteroatoms. The first-order chi connectivity index (χ1) is 5.86. The Hall–Kier alpha value is -0.870. The predicted molar refractivity (Wildman–Crippen MR) is 44.3 cm³/mol. The maximum atomic E-state index is 11.2. The van der Waals surface area contributed by atoms with Gasteiger partial charge in [0.2, 0.25) is 0 Å². The number of carbonyl (C=O) groups excluding carboxylic acids is 1. The number of ether oxygens (including phenoxy) is 2. The molecule has 0 spiro atoms. The lowest BCUT2D eigenvalue weighted by Crippen LogP contribution is -2.37. The smallest absolute Gasteiger partial charge is 0.339 e. The Kier molecular flexibility index (Phi) is 2.10. The minimum Gasteiger partial charge on any atom is -0.454 e. The molecule has 2 rings (SSSR count). The van der Waals surface area contributed by atoms with E-state index in [0.717, 1.165) is 0 Å². The number of carbonyl (C=O) groups is 1. The molecule has 0 unspecified atom stereocenters. The summed E-state index contributed by atoms with van der Waals surface area (Å²) in [6.07, 6.45) is -0.0302. The molecule has 0 saturated carbocycles. The van der Waals surface area contributed by atoms with Gasteiger partial charge in [0.25, 0.3) is 0 Å². The lowest BCUT2D eigenvalue weighted by Gasteiger charge is -2.25. The van der Waals surface area contributed by atoms with Crippen molar-refractivity contribution in [3.05, 3.63) is 22.4 Å². The molecule has 0 atom stereocenters. The van der Waals surface area contributed by atoms with E-state index in [9.17, 15) is 4.79 Å². The van der Waals surface area contributed by atoms with Crippen molar-refractivity contribution in [3.63, 3.8) is 0 Å². The highest BCUT2D eigenvalue weighted by Crippen LogP contribution is 2.12. The molecule has 0 aromatic carbocycles. The van der Waals surface area contributed by atoms with Gasteiger partial charge in [-0.1, -0.05) is 0 Å². The van der Waals surface area contributed by atoms with E-state index in [4.69, 9.17) is 9.47 Å². The Bertz CT molecular complexity index is 264. The fourth-order valence-electron chi connectivity index (χ4n) is 0.882. The van der Waals surface area contributed by atoms with E-state index in [1.807, 2.05) is 5.38 Å². The van der Waals surface area contributed by atoms with Gasteiger partial charge in [0.05, 0.1) is 18.8 Å². The summed E-state index contributed by atoms with van der Waals surface area (Å²) < 4.78 is 9.95. The Morgan fingerprint density at radius 1 is 1.67 bits per heavy atom. The summed E-state index contributed by atoms with van der Waals surface area (Å²) in [6, 6.07) is 1.76. The van der Waals surface area contributed by atoms with Crippen molar-refractivity contribution in [3.8, 4) is 0 Å². The zero-order valence-electron chi connectivity index (χ0n) is 6.36. The van der Waals surface area contributed by atoms with Crippen LogP contribution in [0.1, 0.15) is 10.4 Å². The summed E-state index contributed by atoms with van der Waals surface area (Å²) in [4.78, 5) is 11.2. The van der Waals surface area contributed by atoms with Crippen LogP contribution in [-0.2, 0) is 9.47 Å². The van der Waals surface area contributed by atoms with Gasteiger partial charge in [-0.05, 0) is 11.4 Å². The Morgan fingerprint density at radius 2 is 2.50 bits per heavy atom. The molecule has 1 aliphatic rings. The zero-order chi connectivity index (χ0) is 8.39. The molecule has 12 heavy (non-hydrogen) atoms. The van der Waals surface area contributed by atoms with Crippen molar-refractivity contribution < 1.29 is 14.3 Å². The van der Waals surface area contributed by atoms with E-state index in [-0.39, 0.29) is 12.1 Å². The van der Waals surface area contributed by atoms with Crippen molar-refractivity contribution in [1.82, 2.24) is 0 Å². The molecule has 1 aromatic rings. The first kappa shape index (κ1) is 7.76. The van der Waals surface area contributed by atoms with Crippen LogP contribution in [0.3, 0.4) is 0 Å². The van der Waals surface area contributed by atoms with Gasteiger partial charge in [0.1, 0.15) is 6.10 Å². The summed E-state index contributed by atoms with van der Waals surface area (Å²) in [6.45, 7) is 1.08. The van der Waals surface area contributed by atoms with Gasteiger partial charge in [-0.3, -0.25) is 0 Å². The Morgan fingerprint density at radius 3 is 3.00 bits per heavy atom. The molecular formula is C8H8O3S. The van der Waals surface area contributed by atoms with E-state index in [1.54, 1.807) is 11.4 Å². The van der Waals surface area contributed by atoms with Crippen molar-refractivity contribution in [1.29, 1.82) is 0 Å². The quantitative estimate of drug-likeness (QED) is 0.650. The molecular weight excluding hydrogens is 176 g/mol. The van der Waals surface area contributed by atoms with E-state index in [2.05, 4.69) is 0 Å². The average molecular weight is 184 g/mol. The molecule has 0 amide bonds. The van der Waals surface area contributed by atoms with Gasteiger partial charge in [-0.25, -0.2) is 4.79 Å². The third-order valence-electron chi connectivity index (χ3n) is 1.64. The Labute approximate surface area is 73.9 Å². The van der Waals surface area contributed by atoms with Crippen LogP contribution in [0.2, 0.25) is 0 Å². The van der Waals surface area contributed by atoms with Gasteiger partial charge in [-0.2, -0.15) is 11.3 Å². The summed E-state index contributed by atoms with van der Waals surface area (Å²) in [5.41, 5.74) is 0.631. The molecule has 3 nitrogen and oxygen atoms in total. The van der Waals surface area contributed by atoms with E-state index in [0.29, 0.717) is 18.8 Å². The monoisotopic (exact) mass is 184 g/mol. The summed E-state index contributed by atoms with van der Waals surface area (Å²) in [7, 11) is 0. The SMILES string of the molecule is O=C(OC1COC1)c1ccsc1. The van der Waals surface area contributed by atoms with Gasteiger partial charge >= 0.3 is 5.97 Å². The molecule has 1 fully saturated rings. The van der Waals surface area contributed by atoms with Crippen LogP contribution in [0.5, 0.6) is 0 Å². The van der Waals surface area contributed by atoms with Crippen LogP contribution < -0.4 is 0 Å². The third kappa shape index (κ3) is 1.49. The largest absolute Gasteiger partial charge is 0.454 e. The van der Waals surface area contributed by atoms with Gasteiger partial charge in [0, 0.05) is 5.38 Å². The minimum absolute atomic E-state index is 0.0302. The molecule has 1 aromatic heterocycles. The summed E-state index contributed by atoms with van der Waals surface area (Å²) in [5.74, 6) is -0.246. The van der Waals surface area contributed by atoms with Gasteiger partial charge in [-0.15, -0.1) is 0 Å². The standard InChI is InChI=1S/C8H8O3S/c9-8(6-1-2-12-5-6)11-7-3-10-4-7/h1-2,5,7H,3-4H2. The van der Waals surface area contributed by atoms with Crippen LogP contribution in [0, 0.1) is 0 Å². The van der Waals surface area contributed by atoms with Gasteiger partial charge in [0.15, 0.2) is 0 Å². The molecule has 0 N–H and O–H groups in total. The van der Waals surface area contributed by atoms with Crippen molar-refractivity contribution in [2.45, 2.75) is 6.10 Å². The normalized spacial score (nSPS) is 17.0. The highest BCUT2D eigenvalue weighted by atomic mass is 32.1. The van der Waals surface area contributed by atoms with Crippen LogP contribution >= 0.6 is 11.3 Å². The fraction of sp³-hybridized carbons (Fsp3) is 0.375. The number of rotatable bonds is 2. The topological polar surface area (TPSA) is 35.5 Å². The molecule has 0 aliphatic carbocycles. The second kappa shape index (κ2) is 3.25. The number of thiophene rings is 1. The number of hydrogen-bond donors (Lipinski definition) is 0. The van der Waals surface area contributed by atoms with Crippen LogP contribution in [0.4, 0.5) is 0 Å². The summed E-state index contributed by atoms with van der Waals surface area (Å²) >= 11 is 1.49. The molecule has 2 heterocycles. The second-order valence-corrected chi connectivity index (χ2v) is 3.36. The first-order valence-corrected chi connectivity index (χ1v) is 4.61. The lowest BCUT2D eigenvalue weighted by molar-refractivity contribution is -0.103. The highest BCUT2D eigenvalue weighted by molar-refractivity contribution is 7.08. The number of hydrogen-bond acceptors (Lipinski definition) is 4. The van der Waals surface area contributed by atoms with E-state index >= 15 is 0 Å². The predicted octanol–water partition coefficient (Wildman–Crippen LogP) is 1.30.